The molecule has 0 saturated carbocycles. The van der Waals surface area contributed by atoms with Crippen LogP contribution in [-0.4, -0.2) is 9.78 Å². The lowest BCUT2D eigenvalue weighted by atomic mass is 10.0. The van der Waals surface area contributed by atoms with Crippen molar-refractivity contribution in [2.75, 3.05) is 0 Å². The molecular formula is C17H16ClN3. The van der Waals surface area contributed by atoms with E-state index in [-0.39, 0.29) is 6.04 Å². The highest BCUT2D eigenvalue weighted by atomic mass is 35.5. The Labute approximate surface area is 129 Å². The average molecular weight is 298 g/mol. The van der Waals surface area contributed by atoms with Crippen LogP contribution < -0.4 is 5.73 Å². The number of aromatic nitrogens is 2. The number of halogens is 1. The molecule has 21 heavy (non-hydrogen) atoms. The Morgan fingerprint density at radius 3 is 2.62 bits per heavy atom. The summed E-state index contributed by atoms with van der Waals surface area (Å²) in [5.41, 5.74) is 10.2. The molecule has 2 aromatic carbocycles. The van der Waals surface area contributed by atoms with Crippen molar-refractivity contribution in [3.05, 3.63) is 82.6 Å². The van der Waals surface area contributed by atoms with E-state index in [2.05, 4.69) is 5.10 Å². The summed E-state index contributed by atoms with van der Waals surface area (Å²) < 4.78 is 1.82. The van der Waals surface area contributed by atoms with Crippen molar-refractivity contribution in [1.29, 1.82) is 0 Å². The van der Waals surface area contributed by atoms with E-state index in [1.807, 2.05) is 66.3 Å². The van der Waals surface area contributed by atoms with Crippen LogP contribution in [0.25, 0.3) is 5.69 Å². The van der Waals surface area contributed by atoms with Crippen LogP contribution in [0.15, 0.2) is 60.9 Å². The molecule has 0 saturated heterocycles. The molecular weight excluding hydrogens is 282 g/mol. The number of benzene rings is 2. The molecule has 1 aromatic heterocycles. The van der Waals surface area contributed by atoms with Gasteiger partial charge in [0.1, 0.15) is 0 Å². The molecule has 0 aliphatic carbocycles. The van der Waals surface area contributed by atoms with Crippen molar-refractivity contribution in [2.45, 2.75) is 13.0 Å². The normalized spacial score (nSPS) is 12.3. The Hall–Kier alpha value is -2.10. The van der Waals surface area contributed by atoms with E-state index in [0.29, 0.717) is 0 Å². The Bertz CT molecular complexity index is 750. The smallest absolute Gasteiger partial charge is 0.0645 e. The second-order valence-corrected chi connectivity index (χ2v) is 5.39. The maximum Gasteiger partial charge on any atom is 0.0645 e. The highest BCUT2D eigenvalue weighted by Crippen LogP contribution is 2.28. The fraction of sp³-hybridized carbons (Fsp3) is 0.118. The van der Waals surface area contributed by atoms with E-state index >= 15 is 0 Å². The van der Waals surface area contributed by atoms with Gasteiger partial charge in [0.2, 0.25) is 0 Å². The first-order chi connectivity index (χ1) is 10.2. The van der Waals surface area contributed by atoms with E-state index in [9.17, 15) is 0 Å². The van der Waals surface area contributed by atoms with Crippen LogP contribution in [0.1, 0.15) is 22.7 Å². The van der Waals surface area contributed by atoms with E-state index in [4.69, 9.17) is 17.3 Å². The summed E-state index contributed by atoms with van der Waals surface area (Å²) in [6.07, 6.45) is 3.73. The maximum atomic E-state index is 6.35. The van der Waals surface area contributed by atoms with Crippen molar-refractivity contribution in [3.63, 3.8) is 0 Å². The zero-order valence-corrected chi connectivity index (χ0v) is 12.5. The van der Waals surface area contributed by atoms with Gasteiger partial charge < -0.3 is 5.73 Å². The lowest BCUT2D eigenvalue weighted by molar-refractivity contribution is 0.861. The van der Waals surface area contributed by atoms with Crippen molar-refractivity contribution in [3.8, 4) is 5.69 Å². The molecule has 0 radical (unpaired) electrons. The fourth-order valence-electron chi connectivity index (χ4n) is 2.31. The van der Waals surface area contributed by atoms with E-state index in [1.54, 1.807) is 6.20 Å². The van der Waals surface area contributed by atoms with Gasteiger partial charge >= 0.3 is 0 Å². The van der Waals surface area contributed by atoms with Crippen molar-refractivity contribution >= 4 is 11.6 Å². The SMILES string of the molecule is Cc1cccc(C(N)c2cnn(-c3ccccc3)c2)c1Cl. The minimum atomic E-state index is -0.283. The van der Waals surface area contributed by atoms with Crippen molar-refractivity contribution < 1.29 is 0 Å². The van der Waals surface area contributed by atoms with Gasteiger partial charge in [-0.05, 0) is 30.2 Å². The van der Waals surface area contributed by atoms with Crippen LogP contribution in [0.3, 0.4) is 0 Å². The lowest BCUT2D eigenvalue weighted by Crippen LogP contribution is -2.12. The monoisotopic (exact) mass is 297 g/mol. The molecule has 1 unspecified atom stereocenters. The van der Waals surface area contributed by atoms with Crippen molar-refractivity contribution in [2.24, 2.45) is 5.73 Å². The molecule has 106 valence electrons. The third kappa shape index (κ3) is 2.71. The van der Waals surface area contributed by atoms with Gasteiger partial charge in [0.05, 0.1) is 17.9 Å². The topological polar surface area (TPSA) is 43.8 Å². The van der Waals surface area contributed by atoms with Crippen LogP contribution in [0.4, 0.5) is 0 Å². The van der Waals surface area contributed by atoms with Gasteiger partial charge in [-0.15, -0.1) is 0 Å². The van der Waals surface area contributed by atoms with Gasteiger partial charge in [-0.1, -0.05) is 48.0 Å². The number of rotatable bonds is 3. The van der Waals surface area contributed by atoms with Gasteiger partial charge in [-0.25, -0.2) is 4.68 Å². The fourth-order valence-corrected chi connectivity index (χ4v) is 2.55. The Morgan fingerprint density at radius 1 is 1.10 bits per heavy atom. The molecule has 4 heteroatoms. The first-order valence-corrected chi connectivity index (χ1v) is 7.15. The van der Waals surface area contributed by atoms with Gasteiger partial charge in [0.15, 0.2) is 0 Å². The Kier molecular flexibility index (Phi) is 3.78. The second kappa shape index (κ2) is 5.72. The molecule has 3 rings (SSSR count). The highest BCUT2D eigenvalue weighted by Gasteiger charge is 2.15. The zero-order valence-electron chi connectivity index (χ0n) is 11.7. The van der Waals surface area contributed by atoms with Crippen molar-refractivity contribution in [1.82, 2.24) is 9.78 Å². The number of hydrogen-bond donors (Lipinski definition) is 1. The molecule has 0 amide bonds. The highest BCUT2D eigenvalue weighted by molar-refractivity contribution is 6.32. The molecule has 0 spiro atoms. The number of para-hydroxylation sites is 1. The van der Waals surface area contributed by atoms with E-state index in [1.165, 1.54) is 0 Å². The van der Waals surface area contributed by atoms with Gasteiger partial charge in [-0.3, -0.25) is 0 Å². The molecule has 0 aliphatic heterocycles. The Morgan fingerprint density at radius 2 is 1.86 bits per heavy atom. The van der Waals surface area contributed by atoms with Crippen LogP contribution in [-0.2, 0) is 0 Å². The molecule has 3 nitrogen and oxygen atoms in total. The third-order valence-corrected chi connectivity index (χ3v) is 4.06. The molecule has 1 heterocycles. The third-order valence-electron chi connectivity index (χ3n) is 3.54. The predicted octanol–water partition coefficient (Wildman–Crippen LogP) is 3.88. The maximum absolute atomic E-state index is 6.35. The van der Waals surface area contributed by atoms with Gasteiger partial charge in [-0.2, -0.15) is 5.10 Å². The van der Waals surface area contributed by atoms with Crippen LogP contribution in [0.2, 0.25) is 5.02 Å². The first kappa shape index (κ1) is 13.9. The summed E-state index contributed by atoms with van der Waals surface area (Å²) in [6, 6.07) is 15.6. The summed E-state index contributed by atoms with van der Waals surface area (Å²) in [4.78, 5) is 0. The quantitative estimate of drug-likeness (QED) is 0.797. The molecule has 0 bridgehead atoms. The molecule has 0 fully saturated rings. The van der Waals surface area contributed by atoms with Gasteiger partial charge in [0.25, 0.3) is 0 Å². The summed E-state index contributed by atoms with van der Waals surface area (Å²) in [6.45, 7) is 1.98. The van der Waals surface area contributed by atoms with Crippen LogP contribution in [0.5, 0.6) is 0 Å². The summed E-state index contributed by atoms with van der Waals surface area (Å²) >= 11 is 6.35. The first-order valence-electron chi connectivity index (χ1n) is 6.77. The summed E-state index contributed by atoms with van der Waals surface area (Å²) in [7, 11) is 0. The summed E-state index contributed by atoms with van der Waals surface area (Å²) in [5.74, 6) is 0. The molecule has 2 N–H and O–H groups in total. The minimum absolute atomic E-state index is 0.283. The molecule has 0 aliphatic rings. The second-order valence-electron chi connectivity index (χ2n) is 5.01. The zero-order chi connectivity index (χ0) is 14.8. The predicted molar refractivity (Wildman–Crippen MR) is 85.8 cm³/mol. The number of nitrogens with two attached hydrogens (primary N) is 1. The molecule has 1 atom stereocenters. The van der Waals surface area contributed by atoms with Crippen LogP contribution in [0, 0.1) is 6.92 Å². The summed E-state index contributed by atoms with van der Waals surface area (Å²) in [5, 5.41) is 5.10. The number of nitrogens with zero attached hydrogens (tertiary/aromatic N) is 2. The van der Waals surface area contributed by atoms with E-state index < -0.39 is 0 Å². The lowest BCUT2D eigenvalue weighted by Gasteiger charge is -2.13. The van der Waals surface area contributed by atoms with Crippen LogP contribution >= 0.6 is 11.6 Å². The largest absolute Gasteiger partial charge is 0.320 e. The number of aryl methyl sites for hydroxylation is 1. The average Bonchev–Trinajstić information content (AvgIpc) is 3.00. The Balaban J connectivity index is 1.95. The minimum Gasteiger partial charge on any atom is -0.320 e. The standard InChI is InChI=1S/C17H16ClN3/c1-12-6-5-9-15(16(12)18)17(19)13-10-20-21(11-13)14-7-3-2-4-8-14/h2-11,17H,19H2,1H3. The number of hydrogen-bond acceptors (Lipinski definition) is 2. The molecule has 3 aromatic rings. The van der Waals surface area contributed by atoms with Gasteiger partial charge in [0, 0.05) is 16.8 Å². The van der Waals surface area contributed by atoms with E-state index in [0.717, 1.165) is 27.4 Å².